The number of rotatable bonds is 15. The summed E-state index contributed by atoms with van der Waals surface area (Å²) in [5.41, 5.74) is 19.8. The smallest absolute Gasteiger partial charge is 0.149 e. The second-order valence-corrected chi connectivity index (χ2v) is 26.2. The average molecular weight is 1460 g/mol. The molecule has 542 valence electrons. The number of aryl methyl sites for hydroxylation is 1. The van der Waals surface area contributed by atoms with Crippen molar-refractivity contribution in [3.8, 4) is 56.3 Å². The van der Waals surface area contributed by atoms with Crippen LogP contribution in [0.1, 0.15) is 34.0 Å². The molecule has 0 fully saturated rings. The molecule has 0 atom stereocenters. The Hall–Kier alpha value is -15.1. The van der Waals surface area contributed by atoms with Crippen LogP contribution in [0.15, 0.2) is 360 Å². The van der Waals surface area contributed by atoms with Crippen LogP contribution in [-0.2, 0) is 32.7 Å². The van der Waals surface area contributed by atoms with Gasteiger partial charge in [0.05, 0.1) is 83.2 Å². The minimum atomic E-state index is -0.268. The quantitative estimate of drug-likeness (QED) is 0.0936. The van der Waals surface area contributed by atoms with Gasteiger partial charge in [0.15, 0.2) is 0 Å². The number of benzene rings is 10. The third kappa shape index (κ3) is 16.6. The first-order chi connectivity index (χ1) is 55.4. The molecule has 10 aromatic carbocycles. The largest absolute Gasteiger partial charge is 0.261 e. The van der Waals surface area contributed by atoms with Gasteiger partial charge >= 0.3 is 0 Å². The Balaban J connectivity index is 0.000000106. The zero-order chi connectivity index (χ0) is 75.6. The van der Waals surface area contributed by atoms with E-state index < -0.39 is 0 Å². The van der Waals surface area contributed by atoms with Gasteiger partial charge in [-0.1, -0.05) is 230 Å². The van der Waals surface area contributed by atoms with Gasteiger partial charge in [-0.3, -0.25) is 48.3 Å². The standard InChI is InChI=1S/C19H15FN4.C19H15N3.3C18H14N4/c1-13-6-7-17(20)16(10-13)19-15-4-2-3-5-18(15)24(23-19)12-14-11-21-8-9-22-14;1-2-8-15(9-3-1)19-17-11-4-5-12-18(17)22(21-19)14-16-10-6-7-13-20-16;1-2-7-14(8-3-1)18-15-9-4-5-10-16(15)22(21-18)13-17-19-11-6-12-20-17;1-2-6-15(7-3-1)18-16-8-4-5-9-17(16)22(21-18)12-14-10-19-13-20-11-14;1-2-6-14(7-3-1)18-16-8-4-5-9-17(16)22(21-18)13-15-12-19-10-11-20-15/h2-11H,12H2,1H3;1-13H,14H2;1-12H,13H2;1-11,13H,12H2;1-12H,13H2. The number of aromatic nitrogens is 19. The molecule has 0 saturated heterocycles. The van der Waals surface area contributed by atoms with Crippen LogP contribution < -0.4 is 0 Å². The van der Waals surface area contributed by atoms with Crippen LogP contribution in [0.2, 0.25) is 0 Å². The van der Waals surface area contributed by atoms with Crippen LogP contribution in [0.5, 0.6) is 0 Å². The van der Waals surface area contributed by atoms with Crippen LogP contribution >= 0.6 is 0 Å². The summed E-state index contributed by atoms with van der Waals surface area (Å²) in [4.78, 5) is 38.0. The summed E-state index contributed by atoms with van der Waals surface area (Å²) in [6, 6.07) is 94.9. The lowest BCUT2D eigenvalue weighted by Crippen LogP contribution is -2.05. The van der Waals surface area contributed by atoms with Crippen LogP contribution in [-0.4, -0.2) is 93.8 Å². The van der Waals surface area contributed by atoms with Gasteiger partial charge in [-0.2, -0.15) is 25.5 Å². The van der Waals surface area contributed by atoms with E-state index in [2.05, 4.69) is 153 Å². The van der Waals surface area contributed by atoms with Gasteiger partial charge in [0.2, 0.25) is 0 Å². The summed E-state index contributed by atoms with van der Waals surface area (Å²) >= 11 is 0. The number of pyridine rings is 1. The van der Waals surface area contributed by atoms with E-state index in [9.17, 15) is 4.39 Å². The molecule has 0 N–H and O–H groups in total. The maximum Gasteiger partial charge on any atom is 0.149 e. The number of para-hydroxylation sites is 5. The maximum absolute atomic E-state index is 14.3. The lowest BCUT2D eigenvalue weighted by atomic mass is 10.0. The molecule has 20 rings (SSSR count). The molecule has 0 amide bonds. The maximum atomic E-state index is 14.3. The number of fused-ring (bicyclic) bond motifs is 5. The summed E-state index contributed by atoms with van der Waals surface area (Å²) in [7, 11) is 0. The minimum Gasteiger partial charge on any atom is -0.261 e. The summed E-state index contributed by atoms with van der Waals surface area (Å²) < 4.78 is 24.2. The third-order valence-electron chi connectivity index (χ3n) is 18.6. The number of nitrogens with zero attached hydrogens (tertiary/aromatic N) is 19. The lowest BCUT2D eigenvalue weighted by Gasteiger charge is -2.03. The van der Waals surface area contributed by atoms with E-state index in [1.54, 1.807) is 62.0 Å². The highest BCUT2D eigenvalue weighted by molar-refractivity contribution is 5.97. The normalized spacial score (nSPS) is 10.9. The predicted octanol–water partition coefficient (Wildman–Crippen LogP) is 18.8. The van der Waals surface area contributed by atoms with E-state index in [-0.39, 0.29) is 5.82 Å². The van der Waals surface area contributed by atoms with E-state index in [0.29, 0.717) is 44.0 Å². The first kappa shape index (κ1) is 71.2. The van der Waals surface area contributed by atoms with Crippen molar-refractivity contribution in [1.82, 2.24) is 93.8 Å². The van der Waals surface area contributed by atoms with Crippen LogP contribution in [0.25, 0.3) is 111 Å². The Morgan fingerprint density at radius 2 is 0.607 bits per heavy atom. The summed E-state index contributed by atoms with van der Waals surface area (Å²) in [6.07, 6.45) is 20.7. The molecule has 0 radical (unpaired) electrons. The Labute approximate surface area is 644 Å². The topological polar surface area (TPSA) is 205 Å². The minimum absolute atomic E-state index is 0.268. The third-order valence-corrected chi connectivity index (χ3v) is 18.6. The lowest BCUT2D eigenvalue weighted by molar-refractivity contribution is 0.628. The van der Waals surface area contributed by atoms with E-state index in [1.807, 2.05) is 219 Å². The summed E-state index contributed by atoms with van der Waals surface area (Å²) in [6.45, 7) is 4.95. The number of halogens is 1. The van der Waals surface area contributed by atoms with Crippen molar-refractivity contribution in [1.29, 1.82) is 0 Å². The fourth-order valence-electron chi connectivity index (χ4n) is 13.4. The highest BCUT2D eigenvalue weighted by Crippen LogP contribution is 2.34. The van der Waals surface area contributed by atoms with Crippen molar-refractivity contribution in [2.45, 2.75) is 39.6 Å². The second kappa shape index (κ2) is 34.2. The molecule has 0 spiro atoms. The molecule has 10 aromatic heterocycles. The predicted molar refractivity (Wildman–Crippen MR) is 438 cm³/mol. The molecule has 0 aliphatic heterocycles. The molecule has 0 unspecified atom stereocenters. The van der Waals surface area contributed by atoms with E-state index >= 15 is 0 Å². The molecule has 20 aromatic rings. The molecule has 0 aliphatic rings. The highest BCUT2D eigenvalue weighted by atomic mass is 19.1. The van der Waals surface area contributed by atoms with Crippen molar-refractivity contribution in [2.75, 3.05) is 0 Å². The summed E-state index contributed by atoms with van der Waals surface area (Å²) in [5, 5.41) is 29.5. The molecule has 112 heavy (non-hydrogen) atoms. The Kier molecular flexibility index (Phi) is 21.8. The molecular weight excluding hydrogens is 1390 g/mol. The van der Waals surface area contributed by atoms with Gasteiger partial charge in [0.1, 0.15) is 53.0 Å². The Morgan fingerprint density at radius 1 is 0.268 bits per heavy atom. The van der Waals surface area contributed by atoms with Crippen molar-refractivity contribution < 1.29 is 4.39 Å². The second-order valence-electron chi connectivity index (χ2n) is 26.2. The molecule has 0 aliphatic carbocycles. The molecule has 10 heterocycles. The van der Waals surface area contributed by atoms with Crippen molar-refractivity contribution in [2.24, 2.45) is 0 Å². The van der Waals surface area contributed by atoms with Gasteiger partial charge in [0, 0.05) is 116 Å². The van der Waals surface area contributed by atoms with Crippen molar-refractivity contribution in [3.05, 3.63) is 399 Å². The zero-order valence-corrected chi connectivity index (χ0v) is 61.0. The molecular formula is C92H72FN19. The molecule has 0 bridgehead atoms. The molecule has 19 nitrogen and oxygen atoms in total. The van der Waals surface area contributed by atoms with E-state index in [4.69, 9.17) is 20.4 Å². The van der Waals surface area contributed by atoms with Gasteiger partial charge in [-0.25, -0.2) is 24.3 Å². The van der Waals surface area contributed by atoms with Crippen molar-refractivity contribution in [3.63, 3.8) is 0 Å². The Morgan fingerprint density at radius 3 is 1.00 bits per heavy atom. The Bertz CT molecular complexity index is 5810. The zero-order valence-electron chi connectivity index (χ0n) is 61.0. The van der Waals surface area contributed by atoms with Crippen molar-refractivity contribution >= 4 is 54.5 Å². The van der Waals surface area contributed by atoms with Crippen LogP contribution in [0, 0.1) is 12.7 Å². The monoisotopic (exact) mass is 1460 g/mol. The first-order valence-corrected chi connectivity index (χ1v) is 36.5. The average Bonchev–Trinajstić information content (AvgIpc) is 1.70. The van der Waals surface area contributed by atoms with Crippen LogP contribution in [0.4, 0.5) is 4.39 Å². The first-order valence-electron chi connectivity index (χ1n) is 36.5. The number of hydrogen-bond acceptors (Lipinski definition) is 14. The SMILES string of the molecule is Cc1ccc(F)c(-c2nn(Cc3cnccn3)c3ccccc23)c1.c1ccc(-c2nn(Cc3ccccn3)c3ccccc23)cc1.c1ccc(-c2nn(Cc3cnccn3)c3ccccc23)cc1.c1ccc(-c2nn(Cc3cncnc3)c3ccccc23)cc1.c1ccc(-c2nn(Cc3ncccn3)c3ccccc23)cc1. The van der Waals surface area contributed by atoms with Crippen LogP contribution in [0.3, 0.4) is 0 Å². The highest BCUT2D eigenvalue weighted by Gasteiger charge is 2.19. The molecule has 20 heteroatoms. The van der Waals surface area contributed by atoms with Gasteiger partial charge in [-0.05, 0) is 67.6 Å². The summed E-state index contributed by atoms with van der Waals surface area (Å²) in [5.74, 6) is 0.492. The number of hydrogen-bond donors (Lipinski definition) is 0. The fourth-order valence-corrected chi connectivity index (χ4v) is 13.4. The van der Waals surface area contributed by atoms with E-state index in [0.717, 1.165) is 128 Å². The fraction of sp³-hybridized carbons (Fsp3) is 0.0652. The molecule has 0 saturated carbocycles. The van der Waals surface area contributed by atoms with Gasteiger partial charge in [0.25, 0.3) is 0 Å². The van der Waals surface area contributed by atoms with Gasteiger partial charge < -0.3 is 0 Å². The van der Waals surface area contributed by atoms with Gasteiger partial charge in [-0.15, -0.1) is 0 Å². The van der Waals surface area contributed by atoms with E-state index in [1.165, 1.54) is 11.5 Å².